The molecule has 2 heterocycles. The predicted octanol–water partition coefficient (Wildman–Crippen LogP) is 3.04. The maximum Gasteiger partial charge on any atom is 0.277 e. The van der Waals surface area contributed by atoms with Crippen LogP contribution < -0.4 is 0 Å². The molecule has 2 aromatic rings. The second-order valence-electron chi connectivity index (χ2n) is 5.75. The van der Waals surface area contributed by atoms with Crippen LogP contribution in [0.4, 0.5) is 4.39 Å². The molecule has 2 atom stereocenters. The first-order chi connectivity index (χ1) is 10.9. The smallest absolute Gasteiger partial charge is 0.277 e. The number of thioether (sulfide) groups is 1. The van der Waals surface area contributed by atoms with Crippen LogP contribution in [0.2, 0.25) is 0 Å². The number of aromatic nitrogens is 2. The number of rotatable bonds is 5. The van der Waals surface area contributed by atoms with Gasteiger partial charge in [-0.25, -0.2) is 12.8 Å². The Kier molecular flexibility index (Phi) is 4.72. The lowest BCUT2D eigenvalue weighted by Gasteiger charge is -2.08. The molecule has 23 heavy (non-hydrogen) atoms. The van der Waals surface area contributed by atoms with Crippen LogP contribution >= 0.6 is 11.8 Å². The Balaban J connectivity index is 1.60. The molecule has 0 bridgehead atoms. The van der Waals surface area contributed by atoms with Crippen molar-refractivity contribution in [1.29, 1.82) is 0 Å². The zero-order chi connectivity index (χ0) is 16.4. The van der Waals surface area contributed by atoms with Gasteiger partial charge >= 0.3 is 0 Å². The molecule has 1 aromatic carbocycles. The van der Waals surface area contributed by atoms with Gasteiger partial charge in [-0.3, -0.25) is 0 Å². The lowest BCUT2D eigenvalue weighted by Crippen LogP contribution is -2.07. The molecule has 1 aliphatic rings. The highest BCUT2D eigenvalue weighted by Crippen LogP contribution is 2.34. The Morgan fingerprint density at radius 2 is 2.09 bits per heavy atom. The van der Waals surface area contributed by atoms with E-state index in [1.54, 1.807) is 12.1 Å². The molecule has 0 unspecified atom stereocenters. The monoisotopic (exact) mass is 356 g/mol. The van der Waals surface area contributed by atoms with Crippen molar-refractivity contribution in [3.63, 3.8) is 0 Å². The van der Waals surface area contributed by atoms with Gasteiger partial charge in [-0.2, -0.15) is 0 Å². The Hall–Kier alpha value is -1.41. The first-order valence-corrected chi connectivity index (χ1v) is 10.1. The topological polar surface area (TPSA) is 73.1 Å². The third-order valence-electron chi connectivity index (χ3n) is 3.86. The third kappa shape index (κ3) is 4.32. The number of nitrogens with zero attached hydrogens (tertiary/aromatic N) is 2. The van der Waals surface area contributed by atoms with E-state index in [0.29, 0.717) is 24.0 Å². The fraction of sp³-hybridized carbons (Fsp3) is 0.467. The van der Waals surface area contributed by atoms with Crippen molar-refractivity contribution in [2.24, 2.45) is 5.92 Å². The molecule has 8 heteroatoms. The van der Waals surface area contributed by atoms with Crippen LogP contribution in [0.25, 0.3) is 0 Å². The van der Waals surface area contributed by atoms with E-state index < -0.39 is 9.84 Å². The van der Waals surface area contributed by atoms with Crippen molar-refractivity contribution < 1.29 is 17.2 Å². The van der Waals surface area contributed by atoms with Crippen LogP contribution in [0.15, 0.2) is 33.9 Å². The first-order valence-electron chi connectivity index (χ1n) is 7.36. The molecule has 1 aliphatic heterocycles. The summed E-state index contributed by atoms with van der Waals surface area (Å²) in [5.74, 6) is 0.713. The van der Waals surface area contributed by atoms with Crippen molar-refractivity contribution in [1.82, 2.24) is 10.2 Å². The molecule has 0 saturated carbocycles. The molecule has 0 N–H and O–H groups in total. The molecule has 0 radical (unpaired) electrons. The number of halogens is 1. The van der Waals surface area contributed by atoms with Gasteiger partial charge in [0.25, 0.3) is 5.22 Å². The number of sulfone groups is 1. The average molecular weight is 356 g/mol. The van der Waals surface area contributed by atoms with Gasteiger partial charge in [0.1, 0.15) is 5.82 Å². The van der Waals surface area contributed by atoms with Gasteiger partial charge in [-0.05, 0) is 37.0 Å². The Bertz CT molecular complexity index is 774. The summed E-state index contributed by atoms with van der Waals surface area (Å²) in [6, 6.07) is 6.31. The van der Waals surface area contributed by atoms with E-state index in [2.05, 4.69) is 10.2 Å². The molecule has 0 aliphatic carbocycles. The minimum atomic E-state index is -2.89. The maximum absolute atomic E-state index is 12.9. The highest BCUT2D eigenvalue weighted by molar-refractivity contribution is 7.99. The Morgan fingerprint density at radius 1 is 1.35 bits per heavy atom. The normalized spacial score (nSPS) is 21.4. The Morgan fingerprint density at radius 3 is 2.74 bits per heavy atom. The summed E-state index contributed by atoms with van der Waals surface area (Å²) in [6.07, 6.45) is 1.15. The van der Waals surface area contributed by atoms with Crippen LogP contribution in [0.5, 0.6) is 0 Å². The highest BCUT2D eigenvalue weighted by Gasteiger charge is 2.29. The van der Waals surface area contributed by atoms with Crippen molar-refractivity contribution in [3.8, 4) is 0 Å². The third-order valence-corrected chi connectivity index (χ3v) is 6.68. The average Bonchev–Trinajstić information content (AvgIpc) is 3.06. The lowest BCUT2D eigenvalue weighted by molar-refractivity contribution is 0.389. The Labute approximate surface area is 138 Å². The molecule has 3 rings (SSSR count). The van der Waals surface area contributed by atoms with Crippen LogP contribution in [0.3, 0.4) is 0 Å². The molecule has 1 saturated heterocycles. The second kappa shape index (κ2) is 6.60. The summed E-state index contributed by atoms with van der Waals surface area (Å²) in [5, 5.41) is 8.49. The van der Waals surface area contributed by atoms with Gasteiger partial charge in [0.15, 0.2) is 9.84 Å². The van der Waals surface area contributed by atoms with Gasteiger partial charge in [0, 0.05) is 11.7 Å². The quantitative estimate of drug-likeness (QED) is 0.767. The van der Waals surface area contributed by atoms with Crippen molar-refractivity contribution in [2.75, 3.05) is 11.5 Å². The molecule has 5 nitrogen and oxygen atoms in total. The molecule has 1 aromatic heterocycles. The number of hydrogen-bond donors (Lipinski definition) is 0. The summed E-state index contributed by atoms with van der Waals surface area (Å²) in [5.41, 5.74) is 0.970. The maximum atomic E-state index is 12.9. The van der Waals surface area contributed by atoms with Crippen molar-refractivity contribution in [3.05, 3.63) is 41.5 Å². The van der Waals surface area contributed by atoms with E-state index in [1.165, 1.54) is 23.9 Å². The van der Waals surface area contributed by atoms with E-state index >= 15 is 0 Å². The molecular formula is C15H17FN2O3S2. The largest absolute Gasteiger partial charge is 0.416 e. The van der Waals surface area contributed by atoms with Crippen molar-refractivity contribution >= 4 is 21.6 Å². The van der Waals surface area contributed by atoms with Gasteiger partial charge in [0.2, 0.25) is 5.89 Å². The van der Waals surface area contributed by atoms with Crippen LogP contribution in [0, 0.1) is 11.7 Å². The minimum Gasteiger partial charge on any atom is -0.416 e. The summed E-state index contributed by atoms with van der Waals surface area (Å²) in [7, 11) is -2.89. The van der Waals surface area contributed by atoms with Crippen LogP contribution in [-0.2, 0) is 16.3 Å². The van der Waals surface area contributed by atoms with E-state index in [4.69, 9.17) is 4.42 Å². The first kappa shape index (κ1) is 16.4. The van der Waals surface area contributed by atoms with Gasteiger partial charge in [-0.15, -0.1) is 10.2 Å². The molecule has 124 valence electrons. The zero-order valence-electron chi connectivity index (χ0n) is 12.6. The summed E-state index contributed by atoms with van der Waals surface area (Å²) < 4.78 is 41.5. The number of hydrogen-bond acceptors (Lipinski definition) is 6. The van der Waals surface area contributed by atoms with E-state index in [9.17, 15) is 12.8 Å². The second-order valence-corrected chi connectivity index (χ2v) is 9.27. The predicted molar refractivity (Wildman–Crippen MR) is 85.4 cm³/mol. The van der Waals surface area contributed by atoms with Gasteiger partial charge < -0.3 is 4.42 Å². The summed E-state index contributed by atoms with van der Waals surface area (Å²) >= 11 is 1.40. The van der Waals surface area contributed by atoms with Crippen LogP contribution in [-0.4, -0.2) is 30.1 Å². The van der Waals surface area contributed by atoms with E-state index in [0.717, 1.165) is 5.56 Å². The molecule has 0 amide bonds. The lowest BCUT2D eigenvalue weighted by atomic mass is 10.1. The fourth-order valence-electron chi connectivity index (χ4n) is 2.60. The molecule has 0 spiro atoms. The summed E-state index contributed by atoms with van der Waals surface area (Å²) in [4.78, 5) is 0. The highest BCUT2D eigenvalue weighted by atomic mass is 32.2. The standard InChI is InChI=1S/C15H17FN2O3S2/c1-10(12-2-4-13(16)5-3-12)22-15-18-17-14(21-15)8-11-6-7-23(19,20)9-11/h2-5,10-11H,6-9H2,1H3/t10-,11+/m0/s1. The van der Waals surface area contributed by atoms with E-state index in [-0.39, 0.29) is 28.5 Å². The zero-order valence-corrected chi connectivity index (χ0v) is 14.2. The van der Waals surface area contributed by atoms with E-state index in [1.807, 2.05) is 6.92 Å². The van der Waals surface area contributed by atoms with Crippen molar-refractivity contribution in [2.45, 2.75) is 30.2 Å². The molecule has 1 fully saturated rings. The molecular weight excluding hydrogens is 339 g/mol. The fourth-order valence-corrected chi connectivity index (χ4v) is 5.29. The number of benzene rings is 1. The SMILES string of the molecule is C[C@H](Sc1nnc(C[C@H]2CCS(=O)(=O)C2)o1)c1ccc(F)cc1. The van der Waals surface area contributed by atoms with Gasteiger partial charge in [0.05, 0.1) is 11.5 Å². The summed E-state index contributed by atoms with van der Waals surface area (Å²) in [6.45, 7) is 1.98. The van der Waals surface area contributed by atoms with Crippen LogP contribution in [0.1, 0.15) is 30.0 Å². The minimum absolute atomic E-state index is 0.0516. The van der Waals surface area contributed by atoms with Gasteiger partial charge in [-0.1, -0.05) is 23.9 Å².